The molecule has 0 aromatic heterocycles. The molecule has 0 bridgehead atoms. The number of nitrogens with two attached hydrogens (primary N) is 1. The molecule has 4 heteroatoms. The predicted octanol–water partition coefficient (Wildman–Crippen LogP) is 1.08. The number of carboxylic acids is 1. The van der Waals surface area contributed by atoms with E-state index in [4.69, 9.17) is 16.1 Å². The number of carbonyl (C=O) groups is 1. The third-order valence-electron chi connectivity index (χ3n) is 2.19. The average Bonchev–Trinajstić information content (AvgIpc) is 2.25. The van der Waals surface area contributed by atoms with Crippen molar-refractivity contribution in [3.05, 3.63) is 35.4 Å². The van der Waals surface area contributed by atoms with Crippen molar-refractivity contribution in [1.29, 1.82) is 5.26 Å². The van der Waals surface area contributed by atoms with Crippen molar-refractivity contribution in [1.82, 2.24) is 0 Å². The second kappa shape index (κ2) is 5.13. The van der Waals surface area contributed by atoms with E-state index in [1.54, 1.807) is 24.3 Å². The molecule has 0 spiro atoms. The van der Waals surface area contributed by atoms with E-state index < -0.39 is 5.97 Å². The van der Waals surface area contributed by atoms with Crippen LogP contribution in [-0.2, 0) is 4.79 Å². The molecule has 0 saturated carbocycles. The van der Waals surface area contributed by atoms with Gasteiger partial charge in [-0.05, 0) is 24.2 Å². The van der Waals surface area contributed by atoms with E-state index in [1.165, 1.54) is 0 Å². The second-order valence-electron chi connectivity index (χ2n) is 3.27. The van der Waals surface area contributed by atoms with Gasteiger partial charge < -0.3 is 10.8 Å². The minimum absolute atomic E-state index is 0.00855. The molecule has 0 radical (unpaired) electrons. The van der Waals surface area contributed by atoms with Crippen LogP contribution in [-0.4, -0.2) is 17.6 Å². The van der Waals surface area contributed by atoms with Gasteiger partial charge in [-0.1, -0.05) is 12.1 Å². The van der Waals surface area contributed by atoms with Crippen molar-refractivity contribution in [2.24, 2.45) is 5.73 Å². The minimum Gasteiger partial charge on any atom is -0.481 e. The maximum atomic E-state index is 10.6. The summed E-state index contributed by atoms with van der Waals surface area (Å²) in [6.45, 7) is 0.265. The third kappa shape index (κ3) is 3.08. The molecule has 0 aliphatic carbocycles. The highest BCUT2D eigenvalue weighted by atomic mass is 16.4. The van der Waals surface area contributed by atoms with Gasteiger partial charge in [0.05, 0.1) is 18.1 Å². The summed E-state index contributed by atoms with van der Waals surface area (Å²) >= 11 is 0. The summed E-state index contributed by atoms with van der Waals surface area (Å²) in [5.41, 5.74) is 6.83. The zero-order valence-corrected chi connectivity index (χ0v) is 8.18. The van der Waals surface area contributed by atoms with Gasteiger partial charge in [-0.3, -0.25) is 4.79 Å². The molecule has 1 aromatic carbocycles. The fourth-order valence-electron chi connectivity index (χ4n) is 1.41. The summed E-state index contributed by atoms with van der Waals surface area (Å²) in [5, 5.41) is 17.4. The van der Waals surface area contributed by atoms with Crippen molar-refractivity contribution in [2.45, 2.75) is 12.3 Å². The Balaban J connectivity index is 2.92. The number of nitriles is 1. The minimum atomic E-state index is -0.882. The summed E-state index contributed by atoms with van der Waals surface area (Å²) < 4.78 is 0. The van der Waals surface area contributed by atoms with Gasteiger partial charge in [0.15, 0.2) is 0 Å². The lowest BCUT2D eigenvalue weighted by atomic mass is 9.95. The van der Waals surface area contributed by atoms with Gasteiger partial charge in [-0.15, -0.1) is 0 Å². The number of benzene rings is 1. The first-order valence-electron chi connectivity index (χ1n) is 4.59. The third-order valence-corrected chi connectivity index (χ3v) is 2.19. The molecular weight excluding hydrogens is 192 g/mol. The largest absolute Gasteiger partial charge is 0.481 e. The number of aliphatic carboxylic acids is 1. The van der Waals surface area contributed by atoms with Crippen LogP contribution in [0.4, 0.5) is 0 Å². The van der Waals surface area contributed by atoms with Crippen molar-refractivity contribution in [2.75, 3.05) is 6.54 Å². The van der Waals surface area contributed by atoms with E-state index in [2.05, 4.69) is 0 Å². The SMILES string of the molecule is N#Cc1cccc(C(CN)CC(=O)O)c1. The number of hydrogen-bond acceptors (Lipinski definition) is 3. The normalized spacial score (nSPS) is 11.7. The summed E-state index contributed by atoms with van der Waals surface area (Å²) in [6.07, 6.45) is -0.00855. The molecule has 0 heterocycles. The number of hydrogen-bond donors (Lipinski definition) is 2. The van der Waals surface area contributed by atoms with Crippen molar-refractivity contribution in [3.8, 4) is 6.07 Å². The lowest BCUT2D eigenvalue weighted by molar-refractivity contribution is -0.137. The Morgan fingerprint density at radius 3 is 2.87 bits per heavy atom. The first kappa shape index (κ1) is 11.2. The van der Waals surface area contributed by atoms with E-state index in [0.717, 1.165) is 5.56 Å². The molecule has 15 heavy (non-hydrogen) atoms. The maximum Gasteiger partial charge on any atom is 0.304 e. The molecule has 78 valence electrons. The molecule has 0 amide bonds. The zero-order valence-electron chi connectivity index (χ0n) is 8.18. The molecule has 4 nitrogen and oxygen atoms in total. The molecule has 1 unspecified atom stereocenters. The van der Waals surface area contributed by atoms with Crippen LogP contribution in [0.3, 0.4) is 0 Å². The van der Waals surface area contributed by atoms with E-state index >= 15 is 0 Å². The van der Waals surface area contributed by atoms with Crippen molar-refractivity contribution in [3.63, 3.8) is 0 Å². The molecular formula is C11H12N2O2. The highest BCUT2D eigenvalue weighted by Crippen LogP contribution is 2.19. The van der Waals surface area contributed by atoms with Crippen LogP contribution < -0.4 is 5.73 Å². The van der Waals surface area contributed by atoms with Crippen molar-refractivity contribution < 1.29 is 9.90 Å². The molecule has 0 aliphatic heterocycles. The lowest BCUT2D eigenvalue weighted by Crippen LogP contribution is -2.16. The van der Waals surface area contributed by atoms with E-state index in [-0.39, 0.29) is 18.9 Å². The highest BCUT2D eigenvalue weighted by molar-refractivity contribution is 5.68. The molecule has 1 aromatic rings. The summed E-state index contributed by atoms with van der Waals surface area (Å²) in [4.78, 5) is 10.6. The van der Waals surface area contributed by atoms with Gasteiger partial charge in [0.2, 0.25) is 0 Å². The van der Waals surface area contributed by atoms with Gasteiger partial charge in [-0.25, -0.2) is 0 Å². The Kier molecular flexibility index (Phi) is 3.83. The van der Waals surface area contributed by atoms with E-state index in [0.29, 0.717) is 5.56 Å². The Bertz CT molecular complexity index is 396. The fraction of sp³-hybridized carbons (Fsp3) is 0.273. The smallest absolute Gasteiger partial charge is 0.304 e. The topological polar surface area (TPSA) is 87.1 Å². The van der Waals surface area contributed by atoms with Gasteiger partial charge in [-0.2, -0.15) is 5.26 Å². The Hall–Kier alpha value is -1.86. The van der Waals surface area contributed by atoms with Crippen LogP contribution in [0.15, 0.2) is 24.3 Å². The van der Waals surface area contributed by atoms with Gasteiger partial charge in [0, 0.05) is 5.92 Å². The van der Waals surface area contributed by atoms with Crippen LogP contribution in [0.1, 0.15) is 23.5 Å². The molecule has 3 N–H and O–H groups in total. The van der Waals surface area contributed by atoms with E-state index in [9.17, 15) is 4.79 Å². The second-order valence-corrected chi connectivity index (χ2v) is 3.27. The van der Waals surface area contributed by atoms with E-state index in [1.807, 2.05) is 6.07 Å². The zero-order chi connectivity index (χ0) is 11.3. The number of rotatable bonds is 4. The molecule has 1 rings (SSSR count). The monoisotopic (exact) mass is 204 g/mol. The lowest BCUT2D eigenvalue weighted by Gasteiger charge is -2.12. The van der Waals surface area contributed by atoms with Gasteiger partial charge in [0.25, 0.3) is 0 Å². The van der Waals surface area contributed by atoms with Gasteiger partial charge >= 0.3 is 5.97 Å². The Morgan fingerprint density at radius 2 is 2.33 bits per heavy atom. The maximum absolute atomic E-state index is 10.6. The summed E-state index contributed by atoms with van der Waals surface area (Å²) in [6, 6.07) is 8.90. The van der Waals surface area contributed by atoms with Crippen LogP contribution >= 0.6 is 0 Å². The Morgan fingerprint density at radius 1 is 1.60 bits per heavy atom. The first-order valence-corrected chi connectivity index (χ1v) is 4.59. The van der Waals surface area contributed by atoms with Crippen molar-refractivity contribution >= 4 is 5.97 Å². The fourth-order valence-corrected chi connectivity index (χ4v) is 1.41. The van der Waals surface area contributed by atoms with Crippen LogP contribution in [0.5, 0.6) is 0 Å². The van der Waals surface area contributed by atoms with Gasteiger partial charge in [0.1, 0.15) is 0 Å². The Labute approximate surface area is 87.9 Å². The quantitative estimate of drug-likeness (QED) is 0.768. The predicted molar refractivity (Wildman–Crippen MR) is 55.2 cm³/mol. The summed E-state index contributed by atoms with van der Waals surface area (Å²) in [5.74, 6) is -1.11. The highest BCUT2D eigenvalue weighted by Gasteiger charge is 2.13. The number of carboxylic acid groups (broad SMARTS) is 1. The molecule has 0 aliphatic rings. The van der Waals surface area contributed by atoms with Crippen LogP contribution in [0.2, 0.25) is 0 Å². The standard InChI is InChI=1S/C11H12N2O2/c12-6-8-2-1-3-9(4-8)10(7-13)5-11(14)15/h1-4,10H,5,7,13H2,(H,14,15). The summed E-state index contributed by atoms with van der Waals surface area (Å²) in [7, 11) is 0. The average molecular weight is 204 g/mol. The first-order chi connectivity index (χ1) is 7.17. The molecule has 1 atom stereocenters. The van der Waals surface area contributed by atoms with Crippen LogP contribution in [0.25, 0.3) is 0 Å². The number of nitrogens with zero attached hydrogens (tertiary/aromatic N) is 1. The molecule has 0 saturated heterocycles. The van der Waals surface area contributed by atoms with Crippen LogP contribution in [0, 0.1) is 11.3 Å². The molecule has 0 fully saturated rings.